The fourth-order valence-electron chi connectivity index (χ4n) is 1.61. The van der Waals surface area contributed by atoms with Gasteiger partial charge in [-0.2, -0.15) is 0 Å². The molecule has 0 bridgehead atoms. The van der Waals surface area contributed by atoms with Crippen molar-refractivity contribution in [2.45, 2.75) is 12.8 Å². The quantitative estimate of drug-likeness (QED) is 0.755. The number of benzene rings is 1. The first-order chi connectivity index (χ1) is 8.79. The van der Waals surface area contributed by atoms with Crippen LogP contribution in [-0.4, -0.2) is 23.1 Å². The summed E-state index contributed by atoms with van der Waals surface area (Å²) in [7, 11) is 1.51. The Morgan fingerprint density at radius 2 is 1.89 bits per heavy atom. The summed E-state index contributed by atoms with van der Waals surface area (Å²) in [5.41, 5.74) is 1.53. The molecule has 0 atom stereocenters. The van der Waals surface area contributed by atoms with Gasteiger partial charge in [-0.05, 0) is 18.1 Å². The minimum atomic E-state index is -0.00555. The van der Waals surface area contributed by atoms with E-state index >= 15 is 0 Å². The number of hydrogen-bond acceptors (Lipinski definition) is 4. The smallest absolute Gasteiger partial charge is 0.233 e. The maximum absolute atomic E-state index is 11.9. The van der Waals surface area contributed by atoms with Gasteiger partial charge in [0.1, 0.15) is 5.69 Å². The Morgan fingerprint density at radius 1 is 1.11 bits per heavy atom. The van der Waals surface area contributed by atoms with Crippen LogP contribution in [0.25, 0.3) is 0 Å². The summed E-state index contributed by atoms with van der Waals surface area (Å²) < 4.78 is 4.89. The van der Waals surface area contributed by atoms with Crippen LogP contribution in [0.1, 0.15) is 22.5 Å². The topological polar surface area (TPSA) is 52.1 Å². The van der Waals surface area contributed by atoms with E-state index in [0.29, 0.717) is 24.4 Å². The lowest BCUT2D eigenvalue weighted by atomic mass is 10.1. The highest BCUT2D eigenvalue weighted by Crippen LogP contribution is 2.08. The van der Waals surface area contributed by atoms with Gasteiger partial charge in [0.2, 0.25) is 5.88 Å². The maximum atomic E-state index is 11.9. The fourth-order valence-corrected chi connectivity index (χ4v) is 1.61. The van der Waals surface area contributed by atoms with E-state index in [0.717, 1.165) is 5.56 Å². The first-order valence-corrected chi connectivity index (χ1v) is 5.74. The van der Waals surface area contributed by atoms with Gasteiger partial charge in [0.25, 0.3) is 0 Å². The SMILES string of the molecule is COc1ccc(C(=O)CCc2ccccc2)nn1. The predicted octanol–water partition coefficient (Wildman–Crippen LogP) is 2.30. The van der Waals surface area contributed by atoms with Crippen LogP contribution in [0.5, 0.6) is 5.88 Å². The van der Waals surface area contributed by atoms with Gasteiger partial charge in [-0.15, -0.1) is 10.2 Å². The first-order valence-electron chi connectivity index (χ1n) is 5.74. The zero-order chi connectivity index (χ0) is 12.8. The average Bonchev–Trinajstić information content (AvgIpc) is 2.46. The van der Waals surface area contributed by atoms with E-state index in [-0.39, 0.29) is 5.78 Å². The van der Waals surface area contributed by atoms with Gasteiger partial charge in [-0.25, -0.2) is 0 Å². The highest BCUT2D eigenvalue weighted by Gasteiger charge is 2.08. The monoisotopic (exact) mass is 242 g/mol. The number of aryl methyl sites for hydroxylation is 1. The van der Waals surface area contributed by atoms with Gasteiger partial charge < -0.3 is 4.74 Å². The molecule has 0 fully saturated rings. The van der Waals surface area contributed by atoms with Crippen LogP contribution in [0.2, 0.25) is 0 Å². The number of methoxy groups -OCH3 is 1. The standard InChI is InChI=1S/C14H14N2O2/c1-18-14-10-8-12(15-16-14)13(17)9-7-11-5-3-2-4-6-11/h2-6,8,10H,7,9H2,1H3. The molecule has 2 aromatic rings. The minimum Gasteiger partial charge on any atom is -0.480 e. The van der Waals surface area contributed by atoms with Gasteiger partial charge in [-0.3, -0.25) is 4.79 Å². The van der Waals surface area contributed by atoms with E-state index in [1.807, 2.05) is 30.3 Å². The fraction of sp³-hybridized carbons (Fsp3) is 0.214. The number of rotatable bonds is 5. The second-order valence-corrected chi connectivity index (χ2v) is 3.87. The number of ether oxygens (including phenoxy) is 1. The average molecular weight is 242 g/mol. The van der Waals surface area contributed by atoms with E-state index in [1.165, 1.54) is 7.11 Å². The van der Waals surface area contributed by atoms with Crippen molar-refractivity contribution >= 4 is 5.78 Å². The zero-order valence-electron chi connectivity index (χ0n) is 10.2. The van der Waals surface area contributed by atoms with E-state index in [9.17, 15) is 4.79 Å². The van der Waals surface area contributed by atoms with Crippen LogP contribution in [0.3, 0.4) is 0 Å². The Balaban J connectivity index is 1.95. The van der Waals surface area contributed by atoms with Crippen molar-refractivity contribution in [1.29, 1.82) is 0 Å². The molecule has 0 aliphatic carbocycles. The number of nitrogens with zero attached hydrogens (tertiary/aromatic N) is 2. The Bertz CT molecular complexity index is 509. The van der Waals surface area contributed by atoms with Crippen molar-refractivity contribution in [2.24, 2.45) is 0 Å². The van der Waals surface area contributed by atoms with Gasteiger partial charge in [0.05, 0.1) is 7.11 Å². The van der Waals surface area contributed by atoms with Crippen LogP contribution in [0.4, 0.5) is 0 Å². The van der Waals surface area contributed by atoms with Gasteiger partial charge in [-0.1, -0.05) is 30.3 Å². The molecule has 0 unspecified atom stereocenters. The largest absolute Gasteiger partial charge is 0.480 e. The summed E-state index contributed by atoms with van der Waals surface area (Å²) in [6, 6.07) is 13.2. The number of carbonyl (C=O) groups is 1. The molecule has 2 rings (SSSR count). The highest BCUT2D eigenvalue weighted by molar-refractivity contribution is 5.94. The van der Waals surface area contributed by atoms with Crippen molar-refractivity contribution < 1.29 is 9.53 Å². The summed E-state index contributed by atoms with van der Waals surface area (Å²) in [4.78, 5) is 11.9. The molecule has 4 heteroatoms. The molecule has 1 aromatic carbocycles. The Labute approximate surface area is 106 Å². The normalized spacial score (nSPS) is 10.1. The molecule has 1 heterocycles. The lowest BCUT2D eigenvalue weighted by Gasteiger charge is -2.01. The molecule has 4 nitrogen and oxygen atoms in total. The molecule has 0 saturated carbocycles. The summed E-state index contributed by atoms with van der Waals surface area (Å²) in [6.45, 7) is 0. The van der Waals surface area contributed by atoms with Crippen LogP contribution in [0.15, 0.2) is 42.5 Å². The molecule has 18 heavy (non-hydrogen) atoms. The van der Waals surface area contributed by atoms with Crippen LogP contribution in [0, 0.1) is 0 Å². The van der Waals surface area contributed by atoms with Crippen molar-refractivity contribution in [1.82, 2.24) is 10.2 Å². The lowest BCUT2D eigenvalue weighted by molar-refractivity contribution is 0.0977. The number of ketones is 1. The third-order valence-electron chi connectivity index (χ3n) is 2.62. The van der Waals surface area contributed by atoms with E-state index < -0.39 is 0 Å². The molecule has 0 radical (unpaired) electrons. The summed E-state index contributed by atoms with van der Waals surface area (Å²) in [6.07, 6.45) is 1.15. The second kappa shape index (κ2) is 5.91. The van der Waals surface area contributed by atoms with Crippen LogP contribution in [-0.2, 0) is 6.42 Å². The summed E-state index contributed by atoms with van der Waals surface area (Å²) >= 11 is 0. The second-order valence-electron chi connectivity index (χ2n) is 3.87. The van der Waals surface area contributed by atoms with E-state index in [2.05, 4.69) is 10.2 Å². The molecular weight excluding hydrogens is 228 g/mol. The molecule has 0 aliphatic heterocycles. The highest BCUT2D eigenvalue weighted by atomic mass is 16.5. The lowest BCUT2D eigenvalue weighted by Crippen LogP contribution is -2.05. The van der Waals surface area contributed by atoms with E-state index in [1.54, 1.807) is 12.1 Å². The molecular formula is C14H14N2O2. The minimum absolute atomic E-state index is 0.00555. The molecule has 0 amide bonds. The van der Waals surface area contributed by atoms with Crippen molar-refractivity contribution in [3.05, 3.63) is 53.7 Å². The number of carbonyl (C=O) groups excluding carboxylic acids is 1. The number of Topliss-reactive ketones (excluding diaryl/α,β-unsaturated/α-hetero) is 1. The molecule has 0 N–H and O–H groups in total. The van der Waals surface area contributed by atoms with Crippen LogP contribution < -0.4 is 4.74 Å². The van der Waals surface area contributed by atoms with Crippen molar-refractivity contribution in [3.63, 3.8) is 0 Å². The molecule has 92 valence electrons. The Morgan fingerprint density at radius 3 is 2.50 bits per heavy atom. The Hall–Kier alpha value is -2.23. The molecule has 0 saturated heterocycles. The summed E-state index contributed by atoms with van der Waals surface area (Å²) in [5.74, 6) is 0.406. The summed E-state index contributed by atoms with van der Waals surface area (Å²) in [5, 5.41) is 7.62. The number of aromatic nitrogens is 2. The predicted molar refractivity (Wildman–Crippen MR) is 67.7 cm³/mol. The van der Waals surface area contributed by atoms with Gasteiger partial charge in [0.15, 0.2) is 5.78 Å². The third-order valence-corrected chi connectivity index (χ3v) is 2.62. The number of hydrogen-bond donors (Lipinski definition) is 0. The van der Waals surface area contributed by atoms with Gasteiger partial charge in [0, 0.05) is 12.5 Å². The van der Waals surface area contributed by atoms with Crippen LogP contribution >= 0.6 is 0 Å². The first kappa shape index (κ1) is 12.2. The van der Waals surface area contributed by atoms with E-state index in [4.69, 9.17) is 4.74 Å². The maximum Gasteiger partial charge on any atom is 0.233 e. The van der Waals surface area contributed by atoms with Crippen molar-refractivity contribution in [3.8, 4) is 5.88 Å². The third kappa shape index (κ3) is 3.13. The van der Waals surface area contributed by atoms with Crippen molar-refractivity contribution in [2.75, 3.05) is 7.11 Å². The van der Waals surface area contributed by atoms with Gasteiger partial charge >= 0.3 is 0 Å². The zero-order valence-corrected chi connectivity index (χ0v) is 10.2. The molecule has 0 aliphatic rings. The Kier molecular flexibility index (Phi) is 4.02. The molecule has 0 spiro atoms. The molecule has 1 aromatic heterocycles.